The first-order chi connectivity index (χ1) is 11.0. The number of aryl methyl sites for hydroxylation is 3. The zero-order valence-electron chi connectivity index (χ0n) is 13.4. The number of nitrogens with one attached hydrogen (secondary N) is 1. The van der Waals surface area contributed by atoms with E-state index in [1.165, 1.54) is 0 Å². The van der Waals surface area contributed by atoms with Crippen molar-refractivity contribution in [2.24, 2.45) is 7.05 Å². The molecule has 1 amide bonds. The van der Waals surface area contributed by atoms with E-state index in [0.717, 1.165) is 34.5 Å². The summed E-state index contributed by atoms with van der Waals surface area (Å²) < 4.78 is 2.05. The van der Waals surface area contributed by atoms with E-state index in [9.17, 15) is 4.79 Å². The fraction of sp³-hybridized carbons (Fsp3) is 0.222. The molecular formula is C18H18ClN3O. The van der Waals surface area contributed by atoms with Gasteiger partial charge in [-0.25, -0.2) is 4.98 Å². The first kappa shape index (κ1) is 15.6. The number of halogens is 1. The highest BCUT2D eigenvalue weighted by Crippen LogP contribution is 2.22. The number of carbonyl (C=O) groups excluding carboxylic acids is 1. The Balaban J connectivity index is 1.93. The lowest BCUT2D eigenvalue weighted by Gasteiger charge is -2.09. The van der Waals surface area contributed by atoms with Crippen molar-refractivity contribution < 1.29 is 4.79 Å². The summed E-state index contributed by atoms with van der Waals surface area (Å²) in [6.07, 6.45) is 0.856. The zero-order valence-corrected chi connectivity index (χ0v) is 14.1. The van der Waals surface area contributed by atoms with Crippen LogP contribution in [0, 0.1) is 6.92 Å². The molecule has 0 aliphatic heterocycles. The van der Waals surface area contributed by atoms with Gasteiger partial charge < -0.3 is 9.88 Å². The number of anilines is 1. The monoisotopic (exact) mass is 327 g/mol. The predicted molar refractivity (Wildman–Crippen MR) is 94.2 cm³/mol. The predicted octanol–water partition coefficient (Wildman–Crippen LogP) is 4.35. The van der Waals surface area contributed by atoms with Crippen molar-refractivity contribution in [2.45, 2.75) is 20.3 Å². The van der Waals surface area contributed by atoms with Crippen LogP contribution in [0.3, 0.4) is 0 Å². The van der Waals surface area contributed by atoms with Crippen LogP contribution in [0.5, 0.6) is 0 Å². The van der Waals surface area contributed by atoms with Crippen LogP contribution in [-0.4, -0.2) is 15.5 Å². The van der Waals surface area contributed by atoms with Crippen LogP contribution >= 0.6 is 11.6 Å². The minimum atomic E-state index is -0.166. The quantitative estimate of drug-likeness (QED) is 0.777. The number of rotatable bonds is 3. The highest BCUT2D eigenvalue weighted by atomic mass is 35.5. The van der Waals surface area contributed by atoms with E-state index in [0.29, 0.717) is 10.6 Å². The van der Waals surface area contributed by atoms with Gasteiger partial charge in [0.25, 0.3) is 5.91 Å². The van der Waals surface area contributed by atoms with Gasteiger partial charge >= 0.3 is 0 Å². The molecule has 3 rings (SSSR count). The molecular weight excluding hydrogens is 310 g/mol. The Morgan fingerprint density at radius 3 is 2.78 bits per heavy atom. The summed E-state index contributed by atoms with van der Waals surface area (Å²) in [6, 6.07) is 11.0. The van der Waals surface area contributed by atoms with E-state index in [1.54, 1.807) is 12.1 Å². The summed E-state index contributed by atoms with van der Waals surface area (Å²) in [4.78, 5) is 17.1. The third-order valence-electron chi connectivity index (χ3n) is 4.00. The number of hydrogen-bond donors (Lipinski definition) is 1. The molecule has 1 aromatic heterocycles. The maximum Gasteiger partial charge on any atom is 0.255 e. The van der Waals surface area contributed by atoms with Crippen molar-refractivity contribution in [3.8, 4) is 0 Å². The lowest BCUT2D eigenvalue weighted by atomic mass is 10.1. The van der Waals surface area contributed by atoms with Gasteiger partial charge in [0.05, 0.1) is 11.0 Å². The van der Waals surface area contributed by atoms with E-state index >= 15 is 0 Å². The van der Waals surface area contributed by atoms with Crippen LogP contribution < -0.4 is 5.32 Å². The molecule has 0 unspecified atom stereocenters. The van der Waals surface area contributed by atoms with Crippen LogP contribution in [0.1, 0.15) is 28.7 Å². The Hall–Kier alpha value is -2.33. The van der Waals surface area contributed by atoms with Gasteiger partial charge in [-0.2, -0.15) is 0 Å². The van der Waals surface area contributed by atoms with Gasteiger partial charge in [-0.05, 0) is 42.8 Å². The highest BCUT2D eigenvalue weighted by Gasteiger charge is 2.12. The van der Waals surface area contributed by atoms with Crippen LogP contribution in [0.4, 0.5) is 5.69 Å². The minimum Gasteiger partial charge on any atom is -0.331 e. The highest BCUT2D eigenvalue weighted by molar-refractivity contribution is 6.31. The summed E-state index contributed by atoms with van der Waals surface area (Å²) in [5.41, 5.74) is 4.13. The van der Waals surface area contributed by atoms with Crippen molar-refractivity contribution in [1.29, 1.82) is 0 Å². The molecule has 4 nitrogen and oxygen atoms in total. The van der Waals surface area contributed by atoms with Gasteiger partial charge in [0.1, 0.15) is 5.82 Å². The molecule has 2 aromatic carbocycles. The van der Waals surface area contributed by atoms with Crippen LogP contribution in [0.15, 0.2) is 36.4 Å². The van der Waals surface area contributed by atoms with Gasteiger partial charge in [-0.1, -0.05) is 24.6 Å². The normalized spacial score (nSPS) is 11.0. The average molecular weight is 328 g/mol. The number of hydrogen-bond acceptors (Lipinski definition) is 2. The lowest BCUT2D eigenvalue weighted by Crippen LogP contribution is -2.12. The molecule has 1 heterocycles. The van der Waals surface area contributed by atoms with Crippen molar-refractivity contribution in [2.75, 3.05) is 5.32 Å². The molecule has 1 N–H and O–H groups in total. The molecule has 0 saturated carbocycles. The fourth-order valence-electron chi connectivity index (χ4n) is 2.63. The maximum absolute atomic E-state index is 12.5. The van der Waals surface area contributed by atoms with E-state index < -0.39 is 0 Å². The number of imidazole rings is 1. The second kappa shape index (κ2) is 6.05. The molecule has 0 aliphatic rings. The molecule has 5 heteroatoms. The molecule has 0 aliphatic carbocycles. The topological polar surface area (TPSA) is 46.9 Å². The van der Waals surface area contributed by atoms with Crippen LogP contribution in [-0.2, 0) is 13.5 Å². The second-order valence-electron chi connectivity index (χ2n) is 5.56. The molecule has 23 heavy (non-hydrogen) atoms. The Morgan fingerprint density at radius 1 is 1.26 bits per heavy atom. The van der Waals surface area contributed by atoms with Crippen LogP contribution in [0.2, 0.25) is 5.02 Å². The standard InChI is InChI=1S/C18H18ClN3O/c1-4-17-20-15-9-12(6-8-16(15)22(17)3)18(23)21-14-10-13(19)7-5-11(14)2/h5-10H,4H2,1-3H3,(H,21,23). The molecule has 0 spiro atoms. The number of nitrogens with zero attached hydrogens (tertiary/aromatic N) is 2. The molecule has 0 atom stereocenters. The van der Waals surface area contributed by atoms with E-state index in [2.05, 4.69) is 21.8 Å². The third-order valence-corrected chi connectivity index (χ3v) is 4.23. The first-order valence-corrected chi connectivity index (χ1v) is 7.90. The SMILES string of the molecule is CCc1nc2cc(C(=O)Nc3cc(Cl)ccc3C)ccc2n1C. The number of fused-ring (bicyclic) bond motifs is 1. The van der Waals surface area contributed by atoms with E-state index in [4.69, 9.17) is 11.6 Å². The Morgan fingerprint density at radius 2 is 2.04 bits per heavy atom. The molecule has 0 radical (unpaired) electrons. The van der Waals surface area contributed by atoms with Gasteiger partial charge in [-0.3, -0.25) is 4.79 Å². The van der Waals surface area contributed by atoms with Gasteiger partial charge in [0.2, 0.25) is 0 Å². The molecule has 3 aromatic rings. The maximum atomic E-state index is 12.5. The second-order valence-corrected chi connectivity index (χ2v) is 5.99. The fourth-order valence-corrected chi connectivity index (χ4v) is 2.80. The van der Waals surface area contributed by atoms with Gasteiger partial charge in [-0.15, -0.1) is 0 Å². The van der Waals surface area contributed by atoms with Crippen molar-refractivity contribution in [1.82, 2.24) is 9.55 Å². The minimum absolute atomic E-state index is 0.166. The largest absolute Gasteiger partial charge is 0.331 e. The van der Waals surface area contributed by atoms with Crippen molar-refractivity contribution in [3.05, 3.63) is 58.4 Å². The third kappa shape index (κ3) is 2.94. The molecule has 0 saturated heterocycles. The van der Waals surface area contributed by atoms with Crippen molar-refractivity contribution >= 4 is 34.2 Å². The first-order valence-electron chi connectivity index (χ1n) is 7.52. The summed E-state index contributed by atoms with van der Waals surface area (Å²) in [5.74, 6) is 0.837. The number of carbonyl (C=O) groups is 1. The number of amides is 1. The van der Waals surface area contributed by atoms with Crippen LogP contribution in [0.25, 0.3) is 11.0 Å². The smallest absolute Gasteiger partial charge is 0.255 e. The summed E-state index contributed by atoms with van der Waals surface area (Å²) in [5, 5.41) is 3.51. The molecule has 0 bridgehead atoms. The Labute approximate surface area is 140 Å². The number of aromatic nitrogens is 2. The average Bonchev–Trinajstić information content (AvgIpc) is 2.86. The van der Waals surface area contributed by atoms with Gasteiger partial charge in [0.15, 0.2) is 0 Å². The summed E-state index contributed by atoms with van der Waals surface area (Å²) in [7, 11) is 1.99. The molecule has 0 fully saturated rings. The molecule has 118 valence electrons. The summed E-state index contributed by atoms with van der Waals surface area (Å²) in [6.45, 7) is 4.00. The number of benzene rings is 2. The zero-order chi connectivity index (χ0) is 16.6. The lowest BCUT2D eigenvalue weighted by molar-refractivity contribution is 0.102. The van der Waals surface area contributed by atoms with Gasteiger partial charge in [0, 0.05) is 29.7 Å². The summed E-state index contributed by atoms with van der Waals surface area (Å²) >= 11 is 6.00. The van der Waals surface area contributed by atoms with E-state index in [-0.39, 0.29) is 5.91 Å². The Kier molecular flexibility index (Phi) is 4.09. The Bertz CT molecular complexity index is 899. The van der Waals surface area contributed by atoms with Crippen molar-refractivity contribution in [3.63, 3.8) is 0 Å². The van der Waals surface area contributed by atoms with E-state index in [1.807, 2.05) is 38.2 Å².